The lowest BCUT2D eigenvalue weighted by Crippen LogP contribution is -2.06. The van der Waals surface area contributed by atoms with Crippen LogP contribution in [0.2, 0.25) is 0 Å². The number of benzene rings is 3. The van der Waals surface area contributed by atoms with Crippen LogP contribution in [-0.2, 0) is 0 Å². The van der Waals surface area contributed by atoms with Gasteiger partial charge in [0.05, 0.1) is 14.1 Å². The molecule has 0 aliphatic heterocycles. The average Bonchev–Trinajstić information content (AvgIpc) is 2.72. The first kappa shape index (κ1) is 17.4. The van der Waals surface area contributed by atoms with Crippen LogP contribution in [0.15, 0.2) is 89.9 Å². The molecule has 0 atom stereocenters. The fraction of sp³-hybridized carbons (Fsp3) is 0.0833. The van der Waals surface area contributed by atoms with Gasteiger partial charge in [0.25, 0.3) is 6.34 Å². The third-order valence-corrected chi connectivity index (χ3v) is 5.47. The minimum Gasteiger partial charge on any atom is -0.270 e. The van der Waals surface area contributed by atoms with Crippen LogP contribution in [0.5, 0.6) is 0 Å². The normalized spacial score (nSPS) is 11.6. The molecule has 0 radical (unpaired) electrons. The molecule has 0 bridgehead atoms. The highest BCUT2D eigenvalue weighted by atomic mass is 32.1. The molecule has 1 heterocycles. The van der Waals surface area contributed by atoms with Crippen LogP contribution in [0.3, 0.4) is 0 Å². The summed E-state index contributed by atoms with van der Waals surface area (Å²) in [6.07, 6.45) is 1.86. The number of hydrogen-bond acceptors (Lipinski definition) is 1. The fourth-order valence-corrected chi connectivity index (χ4v) is 4.01. The molecule has 0 spiro atoms. The summed E-state index contributed by atoms with van der Waals surface area (Å²) in [4.78, 5) is 5.96. The Morgan fingerprint density at radius 3 is 2.26 bits per heavy atom. The van der Waals surface area contributed by atoms with Crippen molar-refractivity contribution in [2.24, 2.45) is 4.99 Å². The van der Waals surface area contributed by atoms with Crippen molar-refractivity contribution in [1.29, 1.82) is 0 Å². The lowest BCUT2D eigenvalue weighted by Gasteiger charge is -2.05. The molecule has 0 amide bonds. The Labute approximate surface area is 163 Å². The van der Waals surface area contributed by atoms with E-state index in [1.807, 2.05) is 31.1 Å². The molecule has 2 nitrogen and oxygen atoms in total. The molecule has 1 aromatic heterocycles. The van der Waals surface area contributed by atoms with Crippen LogP contribution in [0.1, 0.15) is 0 Å². The molecule has 132 valence electrons. The number of rotatable bonds is 3. The highest BCUT2D eigenvalue weighted by Gasteiger charge is 2.08. The zero-order chi connectivity index (χ0) is 18.6. The van der Waals surface area contributed by atoms with E-state index < -0.39 is 0 Å². The minimum absolute atomic E-state index is 1.01. The lowest BCUT2D eigenvalue weighted by molar-refractivity contribution is -0.460. The van der Waals surface area contributed by atoms with Gasteiger partial charge in [-0.3, -0.25) is 4.58 Å². The van der Waals surface area contributed by atoms with Gasteiger partial charge in [0.2, 0.25) is 4.67 Å². The average molecular weight is 370 g/mol. The Balaban J connectivity index is 1.88. The molecule has 27 heavy (non-hydrogen) atoms. The number of fused-ring (bicyclic) bond motifs is 1. The van der Waals surface area contributed by atoms with Gasteiger partial charge in [-0.1, -0.05) is 78.1 Å². The van der Waals surface area contributed by atoms with Gasteiger partial charge in [-0.25, -0.2) is 0 Å². The first-order valence-electron chi connectivity index (χ1n) is 8.93. The molecular weight excluding hydrogens is 348 g/mol. The molecule has 4 aromatic rings. The SMILES string of the molecule is C[N+](C)=CN=c1sc(-c2ccc3ccccc3c2)ccc1-c1ccccc1. The predicted octanol–water partition coefficient (Wildman–Crippen LogP) is 5.44. The molecule has 0 aliphatic carbocycles. The van der Waals surface area contributed by atoms with E-state index in [0.29, 0.717) is 0 Å². The van der Waals surface area contributed by atoms with E-state index >= 15 is 0 Å². The Morgan fingerprint density at radius 1 is 0.741 bits per heavy atom. The van der Waals surface area contributed by atoms with Crippen LogP contribution in [0, 0.1) is 0 Å². The molecule has 4 rings (SSSR count). The summed E-state index contributed by atoms with van der Waals surface area (Å²) < 4.78 is 2.98. The monoisotopic (exact) mass is 369 g/mol. The zero-order valence-corrected chi connectivity index (χ0v) is 16.3. The molecule has 0 fully saturated rings. The van der Waals surface area contributed by atoms with Crippen molar-refractivity contribution in [3.63, 3.8) is 0 Å². The van der Waals surface area contributed by atoms with E-state index in [9.17, 15) is 0 Å². The van der Waals surface area contributed by atoms with Crippen molar-refractivity contribution < 1.29 is 4.58 Å². The van der Waals surface area contributed by atoms with Gasteiger partial charge in [0.15, 0.2) is 0 Å². The Hall–Kier alpha value is -3.04. The van der Waals surface area contributed by atoms with Gasteiger partial charge in [-0.15, -0.1) is 0 Å². The second-order valence-electron chi connectivity index (χ2n) is 6.65. The molecule has 3 heteroatoms. The quantitative estimate of drug-likeness (QED) is 0.260. The minimum atomic E-state index is 1.01. The van der Waals surface area contributed by atoms with Crippen LogP contribution < -0.4 is 4.67 Å². The summed E-state index contributed by atoms with van der Waals surface area (Å²) in [6.45, 7) is 0. The molecule has 3 aromatic carbocycles. The van der Waals surface area contributed by atoms with E-state index in [1.165, 1.54) is 26.8 Å². The Bertz CT molecular complexity index is 1180. The number of nitrogens with zero attached hydrogens (tertiary/aromatic N) is 2. The molecular formula is C24H21N2S+. The third-order valence-electron chi connectivity index (χ3n) is 4.36. The maximum atomic E-state index is 4.75. The first-order valence-corrected chi connectivity index (χ1v) is 9.75. The van der Waals surface area contributed by atoms with E-state index in [-0.39, 0.29) is 0 Å². The highest BCUT2D eigenvalue weighted by Crippen LogP contribution is 2.28. The maximum Gasteiger partial charge on any atom is 0.282 e. The second kappa shape index (κ2) is 7.68. The molecule has 0 unspecified atom stereocenters. The van der Waals surface area contributed by atoms with E-state index in [0.717, 1.165) is 10.2 Å². The number of hydrogen-bond donors (Lipinski definition) is 0. The van der Waals surface area contributed by atoms with Crippen LogP contribution in [-0.4, -0.2) is 25.0 Å². The van der Waals surface area contributed by atoms with Gasteiger partial charge in [0.1, 0.15) is 0 Å². The van der Waals surface area contributed by atoms with Crippen molar-refractivity contribution in [2.45, 2.75) is 0 Å². The molecule has 0 N–H and O–H groups in total. The van der Waals surface area contributed by atoms with Crippen molar-refractivity contribution >= 4 is 28.4 Å². The van der Waals surface area contributed by atoms with Crippen molar-refractivity contribution in [1.82, 2.24) is 0 Å². The van der Waals surface area contributed by atoms with Gasteiger partial charge in [-0.05, 0) is 45.1 Å². The van der Waals surface area contributed by atoms with Gasteiger partial charge < -0.3 is 0 Å². The predicted molar refractivity (Wildman–Crippen MR) is 116 cm³/mol. The summed E-state index contributed by atoms with van der Waals surface area (Å²) in [7, 11) is 3.98. The van der Waals surface area contributed by atoms with Gasteiger partial charge in [-0.2, -0.15) is 0 Å². The fourth-order valence-electron chi connectivity index (χ4n) is 3.02. The molecule has 0 saturated heterocycles. The van der Waals surface area contributed by atoms with Gasteiger partial charge >= 0.3 is 0 Å². The van der Waals surface area contributed by atoms with Gasteiger partial charge in [0, 0.05) is 10.4 Å². The third kappa shape index (κ3) is 3.88. The first-order chi connectivity index (χ1) is 13.2. The maximum absolute atomic E-state index is 4.75. The summed E-state index contributed by atoms with van der Waals surface area (Å²) >= 11 is 1.72. The highest BCUT2D eigenvalue weighted by molar-refractivity contribution is 7.13. The van der Waals surface area contributed by atoms with Crippen molar-refractivity contribution in [3.8, 4) is 21.6 Å². The lowest BCUT2D eigenvalue weighted by atomic mass is 10.1. The summed E-state index contributed by atoms with van der Waals surface area (Å²) in [5.74, 6) is 0. The molecule has 0 saturated carbocycles. The van der Waals surface area contributed by atoms with E-state index in [2.05, 4.69) is 78.9 Å². The van der Waals surface area contributed by atoms with Crippen molar-refractivity contribution in [2.75, 3.05) is 14.1 Å². The molecule has 0 aliphatic rings. The summed E-state index contributed by atoms with van der Waals surface area (Å²) in [5, 5.41) is 2.52. The smallest absolute Gasteiger partial charge is 0.270 e. The topological polar surface area (TPSA) is 15.4 Å². The van der Waals surface area contributed by atoms with Crippen LogP contribution >= 0.6 is 11.3 Å². The Morgan fingerprint density at radius 2 is 1.48 bits per heavy atom. The second-order valence-corrected chi connectivity index (χ2v) is 7.69. The summed E-state index contributed by atoms with van der Waals surface area (Å²) in [5.41, 5.74) is 3.56. The zero-order valence-electron chi connectivity index (χ0n) is 15.5. The van der Waals surface area contributed by atoms with Crippen LogP contribution in [0.25, 0.3) is 32.3 Å². The van der Waals surface area contributed by atoms with E-state index in [1.54, 1.807) is 11.3 Å². The van der Waals surface area contributed by atoms with Crippen molar-refractivity contribution in [3.05, 3.63) is 89.6 Å². The van der Waals surface area contributed by atoms with Crippen LogP contribution in [0.4, 0.5) is 0 Å². The Kier molecular flexibility index (Phi) is 4.95. The standard InChI is InChI=1S/C24H21N2S/c1-26(2)17-25-24-22(19-9-4-3-5-10-19)14-15-23(27-24)21-13-12-18-8-6-7-11-20(18)16-21/h3-17H,1-2H3/q+1. The summed E-state index contributed by atoms with van der Waals surface area (Å²) in [6, 6.07) is 29.9. The largest absolute Gasteiger partial charge is 0.282 e. The van der Waals surface area contributed by atoms with E-state index in [4.69, 9.17) is 4.99 Å².